The van der Waals surface area contributed by atoms with Crippen molar-refractivity contribution in [3.05, 3.63) is 71.1 Å². The van der Waals surface area contributed by atoms with Crippen LogP contribution in [0.1, 0.15) is 32.6 Å². The molecule has 0 unspecified atom stereocenters. The summed E-state index contributed by atoms with van der Waals surface area (Å²) in [5, 5.41) is 0. The number of rotatable bonds is 2. The number of unbranched alkanes of at least 4 members (excludes halogenated alkanes) is 2. The third-order valence-corrected chi connectivity index (χ3v) is 1.96. The molecule has 0 aromatic heterocycles. The van der Waals surface area contributed by atoms with Crippen LogP contribution in [0.25, 0.3) is 0 Å². The van der Waals surface area contributed by atoms with Gasteiger partial charge in [0.25, 0.3) is 0 Å². The Morgan fingerprint density at radius 2 is 1.15 bits per heavy atom. The SMILES string of the molecule is [CH2-]CCCC#CCC.[CH]1[CH][CH][CH][CH]1.[CH]1[CH][CH][CH][CH]1.[Cl][Ti+]. The zero-order chi connectivity index (χ0) is 15.3. The van der Waals surface area contributed by atoms with Gasteiger partial charge in [-0.2, -0.15) is 6.42 Å². The second-order valence-corrected chi connectivity index (χ2v) is 3.59. The summed E-state index contributed by atoms with van der Waals surface area (Å²) in [5.41, 5.74) is 0. The molecule has 2 heteroatoms. The van der Waals surface area contributed by atoms with E-state index in [1.165, 1.54) is 19.4 Å². The van der Waals surface area contributed by atoms with Crippen molar-refractivity contribution in [1.29, 1.82) is 0 Å². The molecule has 2 saturated carbocycles. The van der Waals surface area contributed by atoms with E-state index in [0.29, 0.717) is 0 Å². The maximum absolute atomic E-state index is 4.64. The average Bonchev–Trinajstić information content (AvgIpc) is 3.24. The third kappa shape index (κ3) is 23.6. The van der Waals surface area contributed by atoms with E-state index in [4.69, 9.17) is 0 Å². The molecule has 0 heterocycles. The van der Waals surface area contributed by atoms with E-state index < -0.39 is 0 Å². The van der Waals surface area contributed by atoms with E-state index in [-0.39, 0.29) is 0 Å². The molecule has 0 nitrogen and oxygen atoms in total. The number of hydrogen-bond acceptors (Lipinski definition) is 0. The molecule has 0 aliphatic heterocycles. The van der Waals surface area contributed by atoms with Crippen molar-refractivity contribution in [3.63, 3.8) is 0 Å². The van der Waals surface area contributed by atoms with Crippen molar-refractivity contribution in [3.8, 4) is 11.8 Å². The summed E-state index contributed by atoms with van der Waals surface area (Å²) in [6.45, 7) is 5.78. The number of halogens is 1. The Labute approximate surface area is 144 Å². The van der Waals surface area contributed by atoms with Crippen LogP contribution in [0.3, 0.4) is 0 Å². The van der Waals surface area contributed by atoms with Gasteiger partial charge in [0.1, 0.15) is 0 Å². The summed E-state index contributed by atoms with van der Waals surface area (Å²) in [4.78, 5) is 0. The minimum absolute atomic E-state index is 0.983. The van der Waals surface area contributed by atoms with Crippen molar-refractivity contribution in [1.82, 2.24) is 0 Å². The van der Waals surface area contributed by atoms with Gasteiger partial charge in [-0.1, -0.05) is 13.3 Å². The van der Waals surface area contributed by atoms with Crippen molar-refractivity contribution >= 4 is 9.30 Å². The van der Waals surface area contributed by atoms with Gasteiger partial charge < -0.3 is 6.92 Å². The molecule has 20 heavy (non-hydrogen) atoms. The van der Waals surface area contributed by atoms with Crippen LogP contribution < -0.4 is 0 Å². The summed E-state index contributed by atoms with van der Waals surface area (Å²) in [6.07, 6.45) is 24.2. The fourth-order valence-corrected chi connectivity index (χ4v) is 1.07. The Kier molecular flexibility index (Phi) is 28.1. The summed E-state index contributed by atoms with van der Waals surface area (Å²) >= 11 is 1.47. The quantitative estimate of drug-likeness (QED) is 0.286. The van der Waals surface area contributed by atoms with E-state index in [2.05, 4.69) is 35.0 Å². The van der Waals surface area contributed by atoms with E-state index in [9.17, 15) is 0 Å². The van der Waals surface area contributed by atoms with Gasteiger partial charge in [-0.15, -0.1) is 11.8 Å². The van der Waals surface area contributed by atoms with Crippen LogP contribution >= 0.6 is 9.30 Å². The molecule has 106 valence electrons. The fourth-order valence-electron chi connectivity index (χ4n) is 1.07. The molecule has 0 aromatic rings. The standard InChI is InChI=1S/C8H13.2C5H5.ClH.Ti/c1-3-5-7-8-6-4-2;2*1-2-4-5-3-1;;/h1,3-5,7H2,2H3;2*1-5H;1H;/q-1;;;;+2/p-1. The first-order valence-electron chi connectivity index (χ1n) is 6.69. The summed E-state index contributed by atoms with van der Waals surface area (Å²) in [6, 6.07) is 0. The minimum atomic E-state index is 0.983. The topological polar surface area (TPSA) is 0 Å². The molecule has 0 aromatic carbocycles. The van der Waals surface area contributed by atoms with Gasteiger partial charge in [0.15, 0.2) is 0 Å². The molecule has 0 spiro atoms. The monoisotopic (exact) mass is 322 g/mol. The Hall–Kier alpha value is 0.564. The van der Waals surface area contributed by atoms with Gasteiger partial charge in [-0.05, 0) is 64.2 Å². The number of hydrogen-bond donors (Lipinski definition) is 0. The molecular weight excluding hydrogens is 300 g/mol. The molecule has 2 fully saturated rings. The van der Waals surface area contributed by atoms with Gasteiger partial charge in [-0.25, -0.2) is 0 Å². The van der Waals surface area contributed by atoms with Crippen molar-refractivity contribution in [2.45, 2.75) is 32.6 Å². The summed E-state index contributed by atoms with van der Waals surface area (Å²) in [5.74, 6) is 6.05. The Morgan fingerprint density at radius 3 is 1.40 bits per heavy atom. The van der Waals surface area contributed by atoms with Gasteiger partial charge in [0, 0.05) is 12.8 Å². The van der Waals surface area contributed by atoms with Crippen molar-refractivity contribution in [2.75, 3.05) is 0 Å². The fraction of sp³-hybridized carbons (Fsp3) is 0.278. The third-order valence-electron chi connectivity index (χ3n) is 1.96. The Balaban J connectivity index is 0. The predicted octanol–water partition coefficient (Wildman–Crippen LogP) is 5.13. The molecule has 0 saturated heterocycles. The molecular formula is C18H23ClTi. The Bertz CT molecular complexity index is 172. The van der Waals surface area contributed by atoms with Gasteiger partial charge >= 0.3 is 28.7 Å². The molecule has 0 atom stereocenters. The van der Waals surface area contributed by atoms with Crippen LogP contribution in [-0.2, 0) is 19.4 Å². The van der Waals surface area contributed by atoms with Crippen LogP contribution in [0, 0.1) is 83.0 Å². The zero-order valence-electron chi connectivity index (χ0n) is 12.2. The van der Waals surface area contributed by atoms with E-state index in [1.807, 2.05) is 64.2 Å². The van der Waals surface area contributed by atoms with Crippen molar-refractivity contribution < 1.29 is 19.4 Å². The van der Waals surface area contributed by atoms with Gasteiger partial charge in [-0.3, -0.25) is 0 Å². The molecule has 0 amide bonds. The second-order valence-electron chi connectivity index (χ2n) is 3.59. The predicted molar refractivity (Wildman–Crippen MR) is 86.1 cm³/mol. The zero-order valence-corrected chi connectivity index (χ0v) is 14.5. The molecule has 0 bridgehead atoms. The normalized spacial score (nSPS) is 15.3. The van der Waals surface area contributed by atoms with E-state index in [0.717, 1.165) is 25.7 Å². The first-order valence-corrected chi connectivity index (χ1v) is 8.84. The van der Waals surface area contributed by atoms with Crippen LogP contribution in [0.15, 0.2) is 0 Å². The molecule has 0 N–H and O–H groups in total. The molecule has 2 aliphatic carbocycles. The van der Waals surface area contributed by atoms with Gasteiger partial charge in [0.2, 0.25) is 0 Å². The maximum atomic E-state index is 4.64. The molecule has 2 rings (SSSR count). The van der Waals surface area contributed by atoms with E-state index in [1.54, 1.807) is 0 Å². The second kappa shape index (κ2) is 24.6. The van der Waals surface area contributed by atoms with Crippen molar-refractivity contribution in [2.24, 2.45) is 0 Å². The Morgan fingerprint density at radius 1 is 0.800 bits per heavy atom. The summed E-state index contributed by atoms with van der Waals surface area (Å²) < 4.78 is 0. The first kappa shape index (κ1) is 22.8. The summed E-state index contributed by atoms with van der Waals surface area (Å²) in [7, 11) is 4.64. The molecule has 2 aliphatic rings. The van der Waals surface area contributed by atoms with Crippen LogP contribution in [0.4, 0.5) is 0 Å². The van der Waals surface area contributed by atoms with Crippen LogP contribution in [-0.4, -0.2) is 0 Å². The van der Waals surface area contributed by atoms with E-state index >= 15 is 0 Å². The van der Waals surface area contributed by atoms with Crippen LogP contribution in [0.2, 0.25) is 0 Å². The van der Waals surface area contributed by atoms with Crippen LogP contribution in [0.5, 0.6) is 0 Å². The molecule has 10 radical (unpaired) electrons. The first-order chi connectivity index (χ1) is 9.91. The van der Waals surface area contributed by atoms with Gasteiger partial charge in [0.05, 0.1) is 0 Å². The average molecular weight is 323 g/mol.